The Morgan fingerprint density at radius 3 is 2.46 bits per heavy atom. The van der Waals surface area contributed by atoms with Crippen molar-refractivity contribution in [2.75, 3.05) is 6.61 Å². The molecule has 4 aliphatic rings. The first-order valence-electron chi connectivity index (χ1n) is 10.7. The SMILES string of the molecule is C[C@@H]1C[C@H]2[C@H]3CC[C@@H]4C[C@H](O)CC[C@]4(C)[C@@H]3CC[C@]2(C)[C@@]1(O)C(=O)CO. The number of Topliss-reactive ketones (excluding diaryl/α,β-unsaturated/α-hetero) is 1. The Labute approximate surface area is 157 Å². The molecule has 0 heterocycles. The number of hydrogen-bond donors (Lipinski definition) is 3. The third-order valence-electron chi connectivity index (χ3n) is 9.79. The summed E-state index contributed by atoms with van der Waals surface area (Å²) in [7, 11) is 0. The zero-order valence-electron chi connectivity index (χ0n) is 16.6. The van der Waals surface area contributed by atoms with E-state index in [1.807, 2.05) is 6.92 Å². The molecule has 3 N–H and O–H groups in total. The topological polar surface area (TPSA) is 77.8 Å². The van der Waals surface area contributed by atoms with Crippen LogP contribution in [0.3, 0.4) is 0 Å². The van der Waals surface area contributed by atoms with Crippen molar-refractivity contribution in [2.45, 2.75) is 83.8 Å². The minimum atomic E-state index is -1.38. The van der Waals surface area contributed by atoms with Gasteiger partial charge in [0.2, 0.25) is 0 Å². The Hall–Kier alpha value is -0.450. The summed E-state index contributed by atoms with van der Waals surface area (Å²) in [6, 6.07) is 0. The lowest BCUT2D eigenvalue weighted by Gasteiger charge is -2.61. The van der Waals surface area contributed by atoms with Gasteiger partial charge in [-0.3, -0.25) is 4.79 Å². The van der Waals surface area contributed by atoms with Crippen molar-refractivity contribution in [3.8, 4) is 0 Å². The molecule has 4 rings (SSSR count). The van der Waals surface area contributed by atoms with Gasteiger partial charge in [-0.2, -0.15) is 0 Å². The second kappa shape index (κ2) is 6.02. The molecule has 0 saturated heterocycles. The predicted molar refractivity (Wildman–Crippen MR) is 99.3 cm³/mol. The highest BCUT2D eigenvalue weighted by molar-refractivity contribution is 5.89. The average molecular weight is 365 g/mol. The lowest BCUT2D eigenvalue weighted by atomic mass is 9.44. The van der Waals surface area contributed by atoms with E-state index in [0.717, 1.165) is 44.9 Å². The van der Waals surface area contributed by atoms with Crippen LogP contribution < -0.4 is 0 Å². The summed E-state index contributed by atoms with van der Waals surface area (Å²) < 4.78 is 0. The fourth-order valence-corrected chi connectivity index (χ4v) is 8.29. The molecule has 0 bridgehead atoms. The number of carbonyl (C=O) groups excluding carboxylic acids is 1. The van der Waals surface area contributed by atoms with E-state index in [4.69, 9.17) is 0 Å². The summed E-state index contributed by atoms with van der Waals surface area (Å²) in [5, 5.41) is 31.1. The van der Waals surface area contributed by atoms with Gasteiger partial charge in [0, 0.05) is 5.41 Å². The molecule has 4 fully saturated rings. The van der Waals surface area contributed by atoms with Crippen LogP contribution in [0.4, 0.5) is 0 Å². The van der Waals surface area contributed by atoms with Gasteiger partial charge >= 0.3 is 0 Å². The van der Waals surface area contributed by atoms with Gasteiger partial charge in [0.1, 0.15) is 12.2 Å². The first kappa shape index (κ1) is 18.9. The number of fused-ring (bicyclic) bond motifs is 5. The monoisotopic (exact) mass is 364 g/mol. The zero-order chi connectivity index (χ0) is 18.9. The Balaban J connectivity index is 1.67. The summed E-state index contributed by atoms with van der Waals surface area (Å²) in [5.74, 6) is 1.72. The van der Waals surface area contributed by atoms with E-state index >= 15 is 0 Å². The van der Waals surface area contributed by atoms with Gasteiger partial charge in [-0.1, -0.05) is 20.8 Å². The smallest absolute Gasteiger partial charge is 0.190 e. The number of aliphatic hydroxyl groups excluding tert-OH is 2. The Kier molecular flexibility index (Phi) is 4.38. The Morgan fingerprint density at radius 2 is 1.77 bits per heavy atom. The van der Waals surface area contributed by atoms with Gasteiger partial charge in [0.25, 0.3) is 0 Å². The van der Waals surface area contributed by atoms with Crippen LogP contribution in [0.1, 0.15) is 72.1 Å². The molecular formula is C22H36O4. The van der Waals surface area contributed by atoms with E-state index in [0.29, 0.717) is 29.1 Å². The van der Waals surface area contributed by atoms with Crippen LogP contribution in [0.15, 0.2) is 0 Å². The molecular weight excluding hydrogens is 328 g/mol. The molecule has 4 heteroatoms. The number of hydrogen-bond acceptors (Lipinski definition) is 4. The van der Waals surface area contributed by atoms with Crippen molar-refractivity contribution in [3.05, 3.63) is 0 Å². The van der Waals surface area contributed by atoms with E-state index in [2.05, 4.69) is 13.8 Å². The molecule has 4 saturated carbocycles. The van der Waals surface area contributed by atoms with Crippen molar-refractivity contribution < 1.29 is 20.1 Å². The van der Waals surface area contributed by atoms with E-state index in [1.165, 1.54) is 6.42 Å². The van der Waals surface area contributed by atoms with Crippen LogP contribution >= 0.6 is 0 Å². The van der Waals surface area contributed by atoms with Crippen molar-refractivity contribution in [1.82, 2.24) is 0 Å². The number of aliphatic hydroxyl groups is 3. The van der Waals surface area contributed by atoms with Crippen LogP contribution in [0.2, 0.25) is 0 Å². The van der Waals surface area contributed by atoms with Crippen LogP contribution in [0.5, 0.6) is 0 Å². The molecule has 148 valence electrons. The molecule has 0 unspecified atom stereocenters. The fraction of sp³-hybridized carbons (Fsp3) is 0.955. The third kappa shape index (κ3) is 2.21. The maximum absolute atomic E-state index is 12.6. The minimum absolute atomic E-state index is 0.0883. The predicted octanol–water partition coefficient (Wildman–Crippen LogP) is 2.93. The van der Waals surface area contributed by atoms with Gasteiger partial charge in [-0.25, -0.2) is 0 Å². The summed E-state index contributed by atoms with van der Waals surface area (Å²) >= 11 is 0. The molecule has 9 atom stereocenters. The maximum Gasteiger partial charge on any atom is 0.190 e. The van der Waals surface area contributed by atoms with E-state index in [1.54, 1.807) is 0 Å². The maximum atomic E-state index is 12.6. The van der Waals surface area contributed by atoms with Gasteiger partial charge in [-0.15, -0.1) is 0 Å². The highest BCUT2D eigenvalue weighted by Crippen LogP contribution is 2.69. The minimum Gasteiger partial charge on any atom is -0.393 e. The Bertz CT molecular complexity index is 591. The van der Waals surface area contributed by atoms with Gasteiger partial charge < -0.3 is 15.3 Å². The lowest BCUT2D eigenvalue weighted by molar-refractivity contribution is -0.178. The van der Waals surface area contributed by atoms with E-state index in [-0.39, 0.29) is 17.8 Å². The second-order valence-electron chi connectivity index (χ2n) is 10.5. The largest absolute Gasteiger partial charge is 0.393 e. The number of carbonyl (C=O) groups is 1. The quantitative estimate of drug-likeness (QED) is 0.704. The van der Waals surface area contributed by atoms with Gasteiger partial charge in [0.15, 0.2) is 5.78 Å². The molecule has 0 radical (unpaired) electrons. The first-order chi connectivity index (χ1) is 12.2. The summed E-state index contributed by atoms with van der Waals surface area (Å²) in [4.78, 5) is 12.6. The molecule has 0 aromatic rings. The van der Waals surface area contributed by atoms with E-state index < -0.39 is 17.6 Å². The normalized spacial score (nSPS) is 56.4. The van der Waals surface area contributed by atoms with Crippen molar-refractivity contribution in [2.24, 2.45) is 40.4 Å². The number of ketones is 1. The second-order valence-corrected chi connectivity index (χ2v) is 10.5. The standard InChI is InChI=1S/C22H36O4/c1-13-10-18-16-5-4-14-11-15(24)6-8-20(14,2)17(16)7-9-21(18,3)22(13,26)19(25)12-23/h13-18,23-24,26H,4-12H2,1-3H3/t13-,14-,15-,16+,17-,18+,20+,21+,22+/m1/s1. The van der Waals surface area contributed by atoms with Crippen molar-refractivity contribution in [1.29, 1.82) is 0 Å². The molecule has 4 aliphatic carbocycles. The molecule has 0 aromatic carbocycles. The summed E-state index contributed by atoms with van der Waals surface area (Å²) in [6.45, 7) is 6.00. The molecule has 26 heavy (non-hydrogen) atoms. The lowest BCUT2D eigenvalue weighted by Crippen LogP contribution is -2.60. The van der Waals surface area contributed by atoms with Crippen molar-refractivity contribution >= 4 is 5.78 Å². The van der Waals surface area contributed by atoms with Crippen molar-refractivity contribution in [3.63, 3.8) is 0 Å². The fourth-order valence-electron chi connectivity index (χ4n) is 8.29. The highest BCUT2D eigenvalue weighted by Gasteiger charge is 2.68. The number of rotatable bonds is 2. The molecule has 0 spiro atoms. The zero-order valence-corrected chi connectivity index (χ0v) is 16.6. The first-order valence-corrected chi connectivity index (χ1v) is 10.7. The van der Waals surface area contributed by atoms with Crippen LogP contribution in [-0.4, -0.2) is 39.4 Å². The van der Waals surface area contributed by atoms with E-state index in [9.17, 15) is 20.1 Å². The highest BCUT2D eigenvalue weighted by atomic mass is 16.3. The van der Waals surface area contributed by atoms with Crippen LogP contribution in [0, 0.1) is 40.4 Å². The average Bonchev–Trinajstić information content (AvgIpc) is 2.83. The molecule has 0 amide bonds. The van der Waals surface area contributed by atoms with Crippen LogP contribution in [-0.2, 0) is 4.79 Å². The molecule has 0 aliphatic heterocycles. The molecule has 4 nitrogen and oxygen atoms in total. The molecule has 0 aromatic heterocycles. The van der Waals surface area contributed by atoms with Gasteiger partial charge in [-0.05, 0) is 86.4 Å². The summed E-state index contributed by atoms with van der Waals surface area (Å²) in [5.41, 5.74) is -1.49. The summed E-state index contributed by atoms with van der Waals surface area (Å²) in [6.07, 6.45) is 8.01. The van der Waals surface area contributed by atoms with Crippen LogP contribution in [0.25, 0.3) is 0 Å². The van der Waals surface area contributed by atoms with Gasteiger partial charge in [0.05, 0.1) is 6.10 Å². The third-order valence-corrected chi connectivity index (χ3v) is 9.79. The Morgan fingerprint density at radius 1 is 1.04 bits per heavy atom.